The molecule has 0 saturated carbocycles. The monoisotopic (exact) mass is 676 g/mol. The van der Waals surface area contributed by atoms with Gasteiger partial charge in [-0.2, -0.15) is 0 Å². The minimum absolute atomic E-state index is 0.0903. The molecule has 0 radical (unpaired) electrons. The number of carbonyl (C=O) groups is 4. The zero-order chi connectivity index (χ0) is 34.7. The molecule has 0 rings (SSSR count). The molecular formula is C32H64N6O9. The number of alkyl carbamates (subject to hydrolysis) is 3. The maximum Gasteiger partial charge on any atom is 0.407 e. The van der Waals surface area contributed by atoms with Crippen LogP contribution in [0.2, 0.25) is 0 Å². The van der Waals surface area contributed by atoms with Crippen molar-refractivity contribution in [3.05, 3.63) is 0 Å². The Balaban J connectivity index is 4.66. The molecule has 15 nitrogen and oxygen atoms in total. The summed E-state index contributed by atoms with van der Waals surface area (Å²) in [6, 6.07) is 0. The van der Waals surface area contributed by atoms with E-state index in [-0.39, 0.29) is 19.8 Å². The summed E-state index contributed by atoms with van der Waals surface area (Å²) in [5.74, 6) is 0. The second-order valence-corrected chi connectivity index (χ2v) is 11.5. The van der Waals surface area contributed by atoms with Gasteiger partial charge in [-0.15, -0.1) is 0 Å². The van der Waals surface area contributed by atoms with Crippen LogP contribution in [0.4, 0.5) is 14.4 Å². The second kappa shape index (κ2) is 33.0. The lowest BCUT2D eigenvalue weighted by molar-refractivity contribution is -0.109. The van der Waals surface area contributed by atoms with E-state index < -0.39 is 23.7 Å². The molecule has 0 aliphatic heterocycles. The van der Waals surface area contributed by atoms with Crippen LogP contribution in [0.15, 0.2) is 0 Å². The number of carbonyl (C=O) groups excluding carboxylic acids is 4. The highest BCUT2D eigenvalue weighted by molar-refractivity contribution is 5.68. The van der Waals surface area contributed by atoms with Crippen molar-refractivity contribution >= 4 is 24.7 Å². The zero-order valence-electron chi connectivity index (χ0n) is 29.2. The fourth-order valence-corrected chi connectivity index (χ4v) is 4.38. The molecule has 0 atom stereocenters. The van der Waals surface area contributed by atoms with Crippen LogP contribution in [-0.2, 0) is 28.5 Å². The van der Waals surface area contributed by atoms with Gasteiger partial charge in [0.05, 0.1) is 18.9 Å². The normalized spacial score (nSPS) is 11.0. The van der Waals surface area contributed by atoms with E-state index in [2.05, 4.69) is 31.9 Å². The highest BCUT2D eigenvalue weighted by Gasteiger charge is 2.34. The summed E-state index contributed by atoms with van der Waals surface area (Å²) in [7, 11) is 3.30. The maximum atomic E-state index is 12.4. The van der Waals surface area contributed by atoms with Crippen LogP contribution in [0, 0.1) is 5.41 Å². The van der Waals surface area contributed by atoms with Gasteiger partial charge in [0.15, 0.2) is 0 Å². The van der Waals surface area contributed by atoms with Crippen LogP contribution in [-0.4, -0.2) is 111 Å². The van der Waals surface area contributed by atoms with Crippen molar-refractivity contribution in [1.29, 1.82) is 0 Å². The van der Waals surface area contributed by atoms with E-state index in [9.17, 15) is 19.2 Å². The highest BCUT2D eigenvalue weighted by atomic mass is 16.6. The van der Waals surface area contributed by atoms with Crippen molar-refractivity contribution in [3.8, 4) is 0 Å². The summed E-state index contributed by atoms with van der Waals surface area (Å²) >= 11 is 0. The Morgan fingerprint density at radius 3 is 1.19 bits per heavy atom. The van der Waals surface area contributed by atoms with Crippen LogP contribution >= 0.6 is 0 Å². The van der Waals surface area contributed by atoms with Gasteiger partial charge in [0.2, 0.25) is 6.41 Å². The number of hydrogen-bond acceptors (Lipinski definition) is 11. The summed E-state index contributed by atoms with van der Waals surface area (Å²) in [5.41, 5.74) is -0.915. The van der Waals surface area contributed by atoms with Crippen LogP contribution in [0.3, 0.4) is 0 Å². The molecule has 276 valence electrons. The summed E-state index contributed by atoms with van der Waals surface area (Å²) in [6.45, 7) is 6.50. The van der Waals surface area contributed by atoms with Gasteiger partial charge in [-0.05, 0) is 58.0 Å². The Labute approximate surface area is 282 Å². The van der Waals surface area contributed by atoms with Gasteiger partial charge in [0, 0.05) is 40.4 Å². The lowest BCUT2D eigenvalue weighted by Crippen LogP contribution is -2.42. The third-order valence-corrected chi connectivity index (χ3v) is 7.47. The minimum atomic E-state index is -0.915. The molecule has 0 bridgehead atoms. The summed E-state index contributed by atoms with van der Waals surface area (Å²) < 4.78 is 26.4. The number of ether oxygens (including phenoxy) is 5. The Bertz CT molecular complexity index is 741. The maximum absolute atomic E-state index is 12.4. The first-order valence-corrected chi connectivity index (χ1v) is 17.2. The van der Waals surface area contributed by atoms with Gasteiger partial charge in [0.1, 0.15) is 19.8 Å². The van der Waals surface area contributed by atoms with Crippen molar-refractivity contribution in [2.45, 2.75) is 90.4 Å². The van der Waals surface area contributed by atoms with Crippen molar-refractivity contribution in [3.63, 3.8) is 0 Å². The van der Waals surface area contributed by atoms with Crippen molar-refractivity contribution in [1.82, 2.24) is 31.9 Å². The van der Waals surface area contributed by atoms with Crippen LogP contribution in [0.25, 0.3) is 0 Å². The molecule has 0 aromatic carbocycles. The number of amides is 4. The Morgan fingerprint density at radius 1 is 0.532 bits per heavy atom. The highest BCUT2D eigenvalue weighted by Crippen LogP contribution is 2.24. The van der Waals surface area contributed by atoms with Crippen molar-refractivity contribution in [2.75, 3.05) is 86.8 Å². The van der Waals surface area contributed by atoms with Gasteiger partial charge in [0.25, 0.3) is 0 Å². The second-order valence-electron chi connectivity index (χ2n) is 11.5. The number of rotatable bonds is 33. The topological polar surface area (TPSA) is 187 Å². The molecule has 0 aromatic heterocycles. The van der Waals surface area contributed by atoms with Crippen LogP contribution in [0.5, 0.6) is 0 Å². The van der Waals surface area contributed by atoms with E-state index in [4.69, 9.17) is 23.7 Å². The number of unbranched alkanes of at least 4 members (excludes halogenated alkanes) is 9. The van der Waals surface area contributed by atoms with Gasteiger partial charge in [-0.3, -0.25) is 15.4 Å². The van der Waals surface area contributed by atoms with Crippen molar-refractivity contribution in [2.24, 2.45) is 5.41 Å². The number of nitrogens with one attached hydrogen (secondary N) is 6. The molecule has 4 amide bonds. The molecule has 0 unspecified atom stereocenters. The Morgan fingerprint density at radius 2 is 0.872 bits per heavy atom. The molecule has 0 heterocycles. The van der Waals surface area contributed by atoms with Gasteiger partial charge >= 0.3 is 18.3 Å². The first-order chi connectivity index (χ1) is 22.9. The third-order valence-electron chi connectivity index (χ3n) is 7.47. The average molecular weight is 677 g/mol. The third kappa shape index (κ3) is 29.0. The molecule has 0 aliphatic rings. The van der Waals surface area contributed by atoms with Gasteiger partial charge in [-0.1, -0.05) is 45.4 Å². The molecule has 0 saturated heterocycles. The van der Waals surface area contributed by atoms with E-state index in [0.29, 0.717) is 52.5 Å². The van der Waals surface area contributed by atoms with Gasteiger partial charge < -0.3 is 45.0 Å². The zero-order valence-corrected chi connectivity index (χ0v) is 29.2. The lowest BCUT2D eigenvalue weighted by Gasteiger charge is -2.31. The Kier molecular flexibility index (Phi) is 31.0. The molecule has 0 aliphatic carbocycles. The summed E-state index contributed by atoms with van der Waals surface area (Å²) in [6.07, 6.45) is 10.6. The molecule has 6 N–H and O–H groups in total. The first-order valence-electron chi connectivity index (χ1n) is 17.2. The van der Waals surface area contributed by atoms with E-state index >= 15 is 0 Å². The van der Waals surface area contributed by atoms with Crippen LogP contribution in [0.1, 0.15) is 90.4 Å². The molecule has 0 fully saturated rings. The van der Waals surface area contributed by atoms with E-state index in [1.807, 2.05) is 6.92 Å². The fraction of sp³-hybridized carbons (Fsp3) is 0.875. The number of hydrogen-bond donors (Lipinski definition) is 6. The summed E-state index contributed by atoms with van der Waals surface area (Å²) in [5, 5.41) is 17.2. The average Bonchev–Trinajstić information content (AvgIpc) is 3.07. The molecule has 15 heteroatoms. The van der Waals surface area contributed by atoms with Crippen molar-refractivity contribution < 1.29 is 42.9 Å². The van der Waals surface area contributed by atoms with E-state index in [0.717, 1.165) is 90.1 Å². The smallest absolute Gasteiger partial charge is 0.407 e. The molecule has 0 spiro atoms. The SMILES string of the molecule is CCC(COC(=O)NCCCCCCNC=O)(COC(=O)NCCCCCCNCOC)COC(=O)NCCCCCCNCOC. The summed E-state index contributed by atoms with van der Waals surface area (Å²) in [4.78, 5) is 47.6. The fourth-order valence-electron chi connectivity index (χ4n) is 4.38. The molecule has 47 heavy (non-hydrogen) atoms. The van der Waals surface area contributed by atoms with Crippen LogP contribution < -0.4 is 31.9 Å². The standard InChI is InChI=1S/C32H64N6O9/c1-4-32(23-45-29(40)36-20-14-8-5-11-17-33-26-39,24-46-30(41)37-21-15-9-6-12-18-34-27-43-2)25-47-31(42)38-22-16-10-7-13-19-35-28-44-3/h26,34-35H,4-25,27-28H2,1-3H3,(H,33,39)(H,36,40)(H,37,41)(H,38,42). The lowest BCUT2D eigenvalue weighted by atomic mass is 9.88. The van der Waals surface area contributed by atoms with E-state index in [1.165, 1.54) is 0 Å². The first kappa shape index (κ1) is 44.1. The predicted octanol–water partition coefficient (Wildman–Crippen LogP) is 3.38. The molecular weight excluding hydrogens is 612 g/mol. The number of methoxy groups -OCH3 is 2. The van der Waals surface area contributed by atoms with Gasteiger partial charge in [-0.25, -0.2) is 14.4 Å². The van der Waals surface area contributed by atoms with E-state index in [1.54, 1.807) is 14.2 Å². The predicted molar refractivity (Wildman–Crippen MR) is 180 cm³/mol. The quantitative estimate of drug-likeness (QED) is 0.0259. The Hall–Kier alpha value is -2.88. The molecule has 0 aromatic rings. The largest absolute Gasteiger partial charge is 0.449 e. The minimum Gasteiger partial charge on any atom is -0.449 e.